The Kier molecular flexibility index (Phi) is 3.06. The number of rotatable bonds is 3. The molecule has 0 saturated carbocycles. The van der Waals surface area contributed by atoms with E-state index in [0.717, 1.165) is 5.39 Å². The number of anilines is 1. The highest BCUT2D eigenvalue weighted by atomic mass is 19.1. The van der Waals surface area contributed by atoms with E-state index in [1.165, 1.54) is 6.07 Å². The molecule has 2 heterocycles. The third kappa shape index (κ3) is 2.09. The van der Waals surface area contributed by atoms with E-state index in [4.69, 9.17) is 0 Å². The zero-order valence-corrected chi connectivity index (χ0v) is 11.2. The van der Waals surface area contributed by atoms with Crippen LogP contribution in [0, 0.1) is 12.7 Å². The molecule has 0 bridgehead atoms. The van der Waals surface area contributed by atoms with E-state index in [-0.39, 0.29) is 5.82 Å². The van der Waals surface area contributed by atoms with Gasteiger partial charge in [0.1, 0.15) is 5.82 Å². The van der Waals surface area contributed by atoms with E-state index in [2.05, 4.69) is 25.5 Å². The van der Waals surface area contributed by atoms with E-state index in [1.807, 2.05) is 13.0 Å². The molecule has 3 rings (SSSR count). The molecule has 2 N–H and O–H groups in total. The molecule has 0 aliphatic rings. The van der Waals surface area contributed by atoms with Crippen LogP contribution in [0.25, 0.3) is 22.3 Å². The van der Waals surface area contributed by atoms with Crippen molar-refractivity contribution in [1.29, 1.82) is 0 Å². The highest BCUT2D eigenvalue weighted by molar-refractivity contribution is 5.90. The lowest BCUT2D eigenvalue weighted by Gasteiger charge is -2.07. The molecular formula is C14H14FN5. The molecule has 0 aliphatic heterocycles. The van der Waals surface area contributed by atoms with Crippen LogP contribution in [-0.2, 0) is 0 Å². The highest BCUT2D eigenvalue weighted by Gasteiger charge is 2.12. The number of aromatic nitrogens is 4. The van der Waals surface area contributed by atoms with Gasteiger partial charge in [0.05, 0.1) is 17.3 Å². The smallest absolute Gasteiger partial charge is 0.225 e. The van der Waals surface area contributed by atoms with Gasteiger partial charge in [-0.15, -0.1) is 0 Å². The van der Waals surface area contributed by atoms with Crippen LogP contribution in [0.2, 0.25) is 0 Å². The van der Waals surface area contributed by atoms with Crippen LogP contribution in [-0.4, -0.2) is 26.7 Å². The Balaban J connectivity index is 2.22. The second-order valence-electron chi connectivity index (χ2n) is 4.52. The maximum Gasteiger partial charge on any atom is 0.225 e. The summed E-state index contributed by atoms with van der Waals surface area (Å²) in [4.78, 5) is 8.77. The van der Waals surface area contributed by atoms with E-state index in [9.17, 15) is 4.39 Å². The topological polar surface area (TPSA) is 66.5 Å². The average molecular weight is 271 g/mol. The number of aryl methyl sites for hydroxylation is 1. The molecule has 0 atom stereocenters. The number of fused-ring (bicyclic) bond motifs is 1. The minimum absolute atomic E-state index is 0.247. The van der Waals surface area contributed by atoms with Crippen molar-refractivity contribution in [3.63, 3.8) is 0 Å². The fourth-order valence-corrected chi connectivity index (χ4v) is 2.03. The number of halogens is 1. The zero-order valence-electron chi connectivity index (χ0n) is 11.2. The lowest BCUT2D eigenvalue weighted by Crippen LogP contribution is -2.03. The second-order valence-corrected chi connectivity index (χ2v) is 4.52. The van der Waals surface area contributed by atoms with Crippen molar-refractivity contribution >= 4 is 17.0 Å². The summed E-state index contributed by atoms with van der Waals surface area (Å²) >= 11 is 0. The highest BCUT2D eigenvalue weighted by Crippen LogP contribution is 2.27. The SMILES string of the molecule is CCNc1nc(-c2ccc(C)c(F)c2)c2cn[nH]c2n1. The Morgan fingerprint density at radius 1 is 1.30 bits per heavy atom. The molecule has 0 saturated heterocycles. The van der Waals surface area contributed by atoms with Crippen molar-refractivity contribution in [3.05, 3.63) is 35.8 Å². The van der Waals surface area contributed by atoms with Gasteiger partial charge in [-0.2, -0.15) is 10.1 Å². The molecule has 0 unspecified atom stereocenters. The predicted molar refractivity (Wildman–Crippen MR) is 76.0 cm³/mol. The Bertz CT molecular complexity index is 765. The summed E-state index contributed by atoms with van der Waals surface area (Å²) in [6, 6.07) is 5.08. The summed E-state index contributed by atoms with van der Waals surface area (Å²) in [6.07, 6.45) is 1.65. The molecule has 2 aromatic heterocycles. The minimum atomic E-state index is -0.247. The van der Waals surface area contributed by atoms with Crippen molar-refractivity contribution in [1.82, 2.24) is 20.2 Å². The standard InChI is InChI=1S/C14H14FN5/c1-3-16-14-18-12(10-7-17-20-13(10)19-14)9-5-4-8(2)11(15)6-9/h4-7H,3H2,1-2H3,(H2,16,17,18,19,20). The van der Waals surface area contributed by atoms with Crippen molar-refractivity contribution in [2.24, 2.45) is 0 Å². The molecule has 0 radical (unpaired) electrons. The second kappa shape index (κ2) is 4.88. The number of aromatic amines is 1. The van der Waals surface area contributed by atoms with E-state index < -0.39 is 0 Å². The molecule has 6 heteroatoms. The van der Waals surface area contributed by atoms with Gasteiger partial charge >= 0.3 is 0 Å². The first-order valence-electron chi connectivity index (χ1n) is 6.40. The van der Waals surface area contributed by atoms with Gasteiger partial charge in [-0.1, -0.05) is 12.1 Å². The summed E-state index contributed by atoms with van der Waals surface area (Å²) in [5, 5.41) is 10.6. The third-order valence-electron chi connectivity index (χ3n) is 3.09. The maximum atomic E-state index is 13.8. The molecule has 102 valence electrons. The number of nitrogens with one attached hydrogen (secondary N) is 2. The monoisotopic (exact) mass is 271 g/mol. The molecule has 20 heavy (non-hydrogen) atoms. The van der Waals surface area contributed by atoms with Gasteiger partial charge in [0.2, 0.25) is 5.95 Å². The predicted octanol–water partition coefficient (Wildman–Crippen LogP) is 2.90. The van der Waals surface area contributed by atoms with E-state index in [0.29, 0.717) is 35.0 Å². The summed E-state index contributed by atoms with van der Waals surface area (Å²) in [6.45, 7) is 4.41. The number of hydrogen-bond acceptors (Lipinski definition) is 4. The first-order chi connectivity index (χ1) is 9.69. The third-order valence-corrected chi connectivity index (χ3v) is 3.09. The van der Waals surface area contributed by atoms with Gasteiger partial charge in [0.25, 0.3) is 0 Å². The normalized spacial score (nSPS) is 10.9. The summed E-state index contributed by atoms with van der Waals surface area (Å²) < 4.78 is 13.8. The quantitative estimate of drug-likeness (QED) is 0.768. The number of H-pyrrole nitrogens is 1. The van der Waals surface area contributed by atoms with Gasteiger partial charge in [-0.25, -0.2) is 9.37 Å². The summed E-state index contributed by atoms with van der Waals surface area (Å²) in [7, 11) is 0. The van der Waals surface area contributed by atoms with Gasteiger partial charge < -0.3 is 5.32 Å². The summed E-state index contributed by atoms with van der Waals surface area (Å²) in [5.74, 6) is 0.253. The zero-order chi connectivity index (χ0) is 14.1. The van der Waals surface area contributed by atoms with Gasteiger partial charge in [-0.05, 0) is 25.5 Å². The molecule has 0 aliphatic carbocycles. The average Bonchev–Trinajstić information content (AvgIpc) is 2.89. The fourth-order valence-electron chi connectivity index (χ4n) is 2.03. The Hall–Kier alpha value is -2.50. The van der Waals surface area contributed by atoms with E-state index in [1.54, 1.807) is 19.2 Å². The lowest BCUT2D eigenvalue weighted by molar-refractivity contribution is 0.619. The number of hydrogen-bond donors (Lipinski definition) is 2. The molecule has 0 amide bonds. The Morgan fingerprint density at radius 2 is 2.15 bits per heavy atom. The van der Waals surface area contributed by atoms with E-state index >= 15 is 0 Å². The van der Waals surface area contributed by atoms with Gasteiger partial charge in [-0.3, -0.25) is 5.10 Å². The molecule has 0 spiro atoms. The van der Waals surface area contributed by atoms with Crippen molar-refractivity contribution < 1.29 is 4.39 Å². The molecule has 3 aromatic rings. The van der Waals surface area contributed by atoms with Crippen molar-refractivity contribution in [3.8, 4) is 11.3 Å². The van der Waals surface area contributed by atoms with Crippen molar-refractivity contribution in [2.45, 2.75) is 13.8 Å². The Labute approximate surface area is 115 Å². The van der Waals surface area contributed by atoms with Crippen LogP contribution >= 0.6 is 0 Å². The Morgan fingerprint density at radius 3 is 2.90 bits per heavy atom. The van der Waals surface area contributed by atoms with Gasteiger partial charge in [0, 0.05) is 12.1 Å². The van der Waals surface area contributed by atoms with Crippen LogP contribution in [0.5, 0.6) is 0 Å². The minimum Gasteiger partial charge on any atom is -0.354 e. The first-order valence-corrected chi connectivity index (χ1v) is 6.40. The number of nitrogens with zero attached hydrogens (tertiary/aromatic N) is 3. The fraction of sp³-hybridized carbons (Fsp3) is 0.214. The number of benzene rings is 1. The lowest BCUT2D eigenvalue weighted by atomic mass is 10.1. The molecule has 1 aromatic carbocycles. The van der Waals surface area contributed by atoms with Crippen LogP contribution in [0.1, 0.15) is 12.5 Å². The van der Waals surface area contributed by atoms with Crippen LogP contribution < -0.4 is 5.32 Å². The largest absolute Gasteiger partial charge is 0.354 e. The van der Waals surface area contributed by atoms with Gasteiger partial charge in [0.15, 0.2) is 5.65 Å². The first kappa shape index (κ1) is 12.5. The maximum absolute atomic E-state index is 13.8. The van der Waals surface area contributed by atoms with Crippen molar-refractivity contribution in [2.75, 3.05) is 11.9 Å². The molecule has 0 fully saturated rings. The summed E-state index contributed by atoms with van der Waals surface area (Å²) in [5.41, 5.74) is 2.62. The van der Waals surface area contributed by atoms with Crippen LogP contribution in [0.15, 0.2) is 24.4 Å². The van der Waals surface area contributed by atoms with Crippen LogP contribution in [0.3, 0.4) is 0 Å². The molecular weight excluding hydrogens is 257 g/mol. The molecule has 5 nitrogen and oxygen atoms in total. The van der Waals surface area contributed by atoms with Crippen LogP contribution in [0.4, 0.5) is 10.3 Å².